The van der Waals surface area contributed by atoms with Crippen LogP contribution in [0.25, 0.3) is 0 Å². The highest BCUT2D eigenvalue weighted by Crippen LogP contribution is 2.27. The van der Waals surface area contributed by atoms with Crippen LogP contribution >= 0.6 is 0 Å². The Kier molecular flexibility index (Phi) is 1.76. The van der Waals surface area contributed by atoms with E-state index in [-0.39, 0.29) is 0 Å². The molecular weight excluding hydrogens is 160 g/mol. The number of hydrogen-bond acceptors (Lipinski definition) is 4. The average molecular weight is 172 g/mol. The van der Waals surface area contributed by atoms with E-state index in [4.69, 9.17) is 4.74 Å². The first-order valence-corrected chi connectivity index (χ1v) is 3.72. The standard InChI is InChI=1S/C8H12O4/c1-7(2)5(9)11-6(10)8(3,4)12-7/h1-4H3. The number of cyclic esters (lactones) is 2. The molecule has 1 heterocycles. The van der Waals surface area contributed by atoms with E-state index in [2.05, 4.69) is 4.74 Å². The highest BCUT2D eigenvalue weighted by Gasteiger charge is 2.48. The molecule has 0 aromatic carbocycles. The van der Waals surface area contributed by atoms with Gasteiger partial charge in [0.25, 0.3) is 0 Å². The summed E-state index contributed by atoms with van der Waals surface area (Å²) in [6.07, 6.45) is 0. The molecule has 4 nitrogen and oxygen atoms in total. The summed E-state index contributed by atoms with van der Waals surface area (Å²) in [6, 6.07) is 0. The zero-order chi connectivity index (χ0) is 9.57. The van der Waals surface area contributed by atoms with E-state index in [0.29, 0.717) is 0 Å². The molecular formula is C8H12O4. The number of rotatable bonds is 0. The van der Waals surface area contributed by atoms with Gasteiger partial charge in [0, 0.05) is 0 Å². The van der Waals surface area contributed by atoms with Crippen LogP contribution in [-0.4, -0.2) is 23.1 Å². The molecule has 1 saturated heterocycles. The number of ether oxygens (including phenoxy) is 2. The lowest BCUT2D eigenvalue weighted by Gasteiger charge is -2.36. The van der Waals surface area contributed by atoms with Gasteiger partial charge in [0.1, 0.15) is 0 Å². The minimum absolute atomic E-state index is 0.633. The van der Waals surface area contributed by atoms with Crippen LogP contribution in [0.3, 0.4) is 0 Å². The van der Waals surface area contributed by atoms with Gasteiger partial charge in [0.05, 0.1) is 0 Å². The molecule has 0 saturated carbocycles. The monoisotopic (exact) mass is 172 g/mol. The number of hydrogen-bond donors (Lipinski definition) is 0. The third-order valence-electron chi connectivity index (χ3n) is 1.68. The van der Waals surface area contributed by atoms with Crippen molar-refractivity contribution in [1.29, 1.82) is 0 Å². The maximum absolute atomic E-state index is 11.0. The third-order valence-corrected chi connectivity index (χ3v) is 1.68. The van der Waals surface area contributed by atoms with Crippen molar-refractivity contribution in [2.24, 2.45) is 0 Å². The van der Waals surface area contributed by atoms with Crippen molar-refractivity contribution in [3.63, 3.8) is 0 Å². The molecule has 0 amide bonds. The summed E-state index contributed by atoms with van der Waals surface area (Å²) in [4.78, 5) is 22.1. The molecule has 1 aliphatic rings. The molecule has 68 valence electrons. The highest BCUT2D eigenvalue weighted by atomic mass is 16.7. The second-order valence-corrected chi connectivity index (χ2v) is 3.80. The zero-order valence-electron chi connectivity index (χ0n) is 7.63. The lowest BCUT2D eigenvalue weighted by atomic mass is 10.0. The van der Waals surface area contributed by atoms with Gasteiger partial charge in [-0.2, -0.15) is 0 Å². The Morgan fingerprint density at radius 1 is 0.917 bits per heavy atom. The fourth-order valence-corrected chi connectivity index (χ4v) is 1.05. The van der Waals surface area contributed by atoms with Crippen molar-refractivity contribution >= 4 is 11.9 Å². The lowest BCUT2D eigenvalue weighted by Crippen LogP contribution is -2.55. The van der Waals surface area contributed by atoms with E-state index in [0.717, 1.165) is 0 Å². The van der Waals surface area contributed by atoms with Crippen LogP contribution in [0.4, 0.5) is 0 Å². The van der Waals surface area contributed by atoms with Gasteiger partial charge in [-0.3, -0.25) is 0 Å². The number of esters is 2. The van der Waals surface area contributed by atoms with Crippen LogP contribution in [0, 0.1) is 0 Å². The fraction of sp³-hybridized carbons (Fsp3) is 0.750. The van der Waals surface area contributed by atoms with Crippen molar-refractivity contribution in [1.82, 2.24) is 0 Å². The smallest absolute Gasteiger partial charge is 0.345 e. The molecule has 0 N–H and O–H groups in total. The van der Waals surface area contributed by atoms with Crippen molar-refractivity contribution in [3.8, 4) is 0 Å². The Labute approximate surface area is 70.8 Å². The molecule has 1 fully saturated rings. The van der Waals surface area contributed by atoms with Crippen LogP contribution in [0.5, 0.6) is 0 Å². The molecule has 1 aliphatic heterocycles. The summed E-state index contributed by atoms with van der Waals surface area (Å²) in [6.45, 7) is 6.29. The summed E-state index contributed by atoms with van der Waals surface area (Å²) in [5.74, 6) is -1.27. The highest BCUT2D eigenvalue weighted by molar-refractivity contribution is 5.95. The predicted octanol–water partition coefficient (Wildman–Crippen LogP) is 0.644. The molecule has 0 aromatic heterocycles. The van der Waals surface area contributed by atoms with Gasteiger partial charge in [-0.05, 0) is 27.7 Å². The third kappa shape index (κ3) is 1.34. The molecule has 0 atom stereocenters. The first-order chi connectivity index (χ1) is 5.26. The second-order valence-electron chi connectivity index (χ2n) is 3.80. The maximum atomic E-state index is 11.0. The van der Waals surface area contributed by atoms with Gasteiger partial charge in [0.2, 0.25) is 0 Å². The van der Waals surface area contributed by atoms with Gasteiger partial charge in [0.15, 0.2) is 11.2 Å². The molecule has 4 heteroatoms. The average Bonchev–Trinajstić information content (AvgIpc) is 1.82. The Hall–Kier alpha value is -0.900. The number of carbonyl (C=O) groups excluding carboxylic acids is 2. The first kappa shape index (κ1) is 9.19. The SMILES string of the molecule is CC1(C)OC(C)(C)C(=O)OC1=O. The van der Waals surface area contributed by atoms with Gasteiger partial charge in [-0.25, -0.2) is 9.59 Å². The molecule has 0 bridgehead atoms. The van der Waals surface area contributed by atoms with E-state index in [9.17, 15) is 9.59 Å². The van der Waals surface area contributed by atoms with Gasteiger partial charge in [-0.15, -0.1) is 0 Å². The van der Waals surface area contributed by atoms with E-state index < -0.39 is 23.1 Å². The van der Waals surface area contributed by atoms with Gasteiger partial charge in [-0.1, -0.05) is 0 Å². The van der Waals surface area contributed by atoms with Crippen LogP contribution in [-0.2, 0) is 19.1 Å². The molecule has 0 radical (unpaired) electrons. The lowest BCUT2D eigenvalue weighted by molar-refractivity contribution is -0.221. The topological polar surface area (TPSA) is 52.6 Å². The summed E-state index contributed by atoms with van der Waals surface area (Å²) < 4.78 is 9.78. The van der Waals surface area contributed by atoms with E-state index in [1.165, 1.54) is 0 Å². The van der Waals surface area contributed by atoms with E-state index in [1.807, 2.05) is 0 Å². The Morgan fingerprint density at radius 3 is 1.50 bits per heavy atom. The van der Waals surface area contributed by atoms with Crippen LogP contribution in [0.15, 0.2) is 0 Å². The molecule has 0 unspecified atom stereocenters. The maximum Gasteiger partial charge on any atom is 0.345 e. The van der Waals surface area contributed by atoms with Crippen molar-refractivity contribution in [2.75, 3.05) is 0 Å². The summed E-state index contributed by atoms with van der Waals surface area (Å²) >= 11 is 0. The van der Waals surface area contributed by atoms with Crippen molar-refractivity contribution < 1.29 is 19.1 Å². The van der Waals surface area contributed by atoms with Crippen LogP contribution < -0.4 is 0 Å². The number of carbonyl (C=O) groups is 2. The molecule has 1 rings (SSSR count). The molecule has 0 aromatic rings. The first-order valence-electron chi connectivity index (χ1n) is 3.72. The van der Waals surface area contributed by atoms with Gasteiger partial charge < -0.3 is 9.47 Å². The Bertz CT molecular complexity index is 215. The summed E-state index contributed by atoms with van der Waals surface area (Å²) in [5, 5.41) is 0. The minimum Gasteiger partial charge on any atom is -0.389 e. The Morgan fingerprint density at radius 2 is 1.25 bits per heavy atom. The van der Waals surface area contributed by atoms with Crippen molar-refractivity contribution in [3.05, 3.63) is 0 Å². The van der Waals surface area contributed by atoms with Crippen molar-refractivity contribution in [2.45, 2.75) is 38.9 Å². The fourth-order valence-electron chi connectivity index (χ4n) is 1.05. The minimum atomic E-state index is -1.03. The second kappa shape index (κ2) is 2.29. The molecule has 0 aliphatic carbocycles. The summed E-state index contributed by atoms with van der Waals surface area (Å²) in [7, 11) is 0. The van der Waals surface area contributed by atoms with Gasteiger partial charge >= 0.3 is 11.9 Å². The molecule has 12 heavy (non-hydrogen) atoms. The Balaban J connectivity index is 2.93. The predicted molar refractivity (Wildman–Crippen MR) is 40.3 cm³/mol. The normalized spacial score (nSPS) is 26.7. The van der Waals surface area contributed by atoms with Crippen LogP contribution in [0.1, 0.15) is 27.7 Å². The largest absolute Gasteiger partial charge is 0.389 e. The van der Waals surface area contributed by atoms with E-state index >= 15 is 0 Å². The van der Waals surface area contributed by atoms with Crippen LogP contribution in [0.2, 0.25) is 0 Å². The molecule has 0 spiro atoms. The summed E-state index contributed by atoms with van der Waals surface area (Å²) in [5.41, 5.74) is -2.06. The quantitative estimate of drug-likeness (QED) is 0.397. The zero-order valence-corrected chi connectivity index (χ0v) is 7.63. The van der Waals surface area contributed by atoms with E-state index in [1.54, 1.807) is 27.7 Å².